The van der Waals surface area contributed by atoms with E-state index < -0.39 is 4.92 Å². The number of nitro groups is 1. The number of aromatic nitrogens is 2. The Morgan fingerprint density at radius 2 is 2.10 bits per heavy atom. The van der Waals surface area contributed by atoms with E-state index in [1.54, 1.807) is 13.8 Å². The summed E-state index contributed by atoms with van der Waals surface area (Å²) in [6.45, 7) is 6.34. The topological polar surface area (TPSA) is 113 Å². The van der Waals surface area contributed by atoms with Gasteiger partial charge in [0.2, 0.25) is 11.8 Å². The molecule has 0 aliphatic heterocycles. The average molecular weight is 283 g/mol. The first-order valence-electron chi connectivity index (χ1n) is 6.64. The first-order valence-corrected chi connectivity index (χ1v) is 6.64. The van der Waals surface area contributed by atoms with Crippen molar-refractivity contribution < 1.29 is 10.0 Å². The van der Waals surface area contributed by atoms with Gasteiger partial charge in [-0.15, -0.1) is 0 Å². The van der Waals surface area contributed by atoms with E-state index in [0.717, 1.165) is 0 Å². The Morgan fingerprint density at radius 1 is 1.40 bits per heavy atom. The monoisotopic (exact) mass is 283 g/mol. The quantitative estimate of drug-likeness (QED) is 0.378. The standard InChI is InChI=1S/C12H21N5O3/c1-4-13-12-15-9(3)10(17(19)20)11(16-12)14-7-5-6-8(2)18/h8,18H,4-7H2,1-3H3,(H2,13,14,15,16). The molecule has 8 nitrogen and oxygen atoms in total. The molecule has 3 N–H and O–H groups in total. The van der Waals surface area contributed by atoms with Gasteiger partial charge in [-0.3, -0.25) is 10.1 Å². The predicted octanol–water partition coefficient (Wildman–Crippen LogP) is 1.70. The molecular formula is C12H21N5O3. The highest BCUT2D eigenvalue weighted by atomic mass is 16.6. The van der Waals surface area contributed by atoms with Crippen molar-refractivity contribution in [3.63, 3.8) is 0 Å². The van der Waals surface area contributed by atoms with Crippen molar-refractivity contribution in [3.05, 3.63) is 15.8 Å². The average Bonchev–Trinajstić information content (AvgIpc) is 2.33. The van der Waals surface area contributed by atoms with Gasteiger partial charge in [0.15, 0.2) is 0 Å². The van der Waals surface area contributed by atoms with Crippen molar-refractivity contribution in [2.24, 2.45) is 0 Å². The Hall–Kier alpha value is -1.96. The molecule has 112 valence electrons. The molecule has 0 spiro atoms. The number of aryl methyl sites for hydroxylation is 1. The van der Waals surface area contributed by atoms with E-state index in [0.29, 0.717) is 37.6 Å². The Balaban J connectivity index is 2.86. The molecule has 0 aromatic carbocycles. The molecule has 0 saturated carbocycles. The highest BCUT2D eigenvalue weighted by Crippen LogP contribution is 2.26. The van der Waals surface area contributed by atoms with Crippen LogP contribution >= 0.6 is 0 Å². The van der Waals surface area contributed by atoms with E-state index in [9.17, 15) is 15.2 Å². The smallest absolute Gasteiger partial charge is 0.332 e. The molecule has 0 radical (unpaired) electrons. The first-order chi connectivity index (χ1) is 9.45. The molecule has 0 saturated heterocycles. The van der Waals surface area contributed by atoms with E-state index in [1.165, 1.54) is 0 Å². The van der Waals surface area contributed by atoms with E-state index in [4.69, 9.17) is 0 Å². The van der Waals surface area contributed by atoms with E-state index >= 15 is 0 Å². The fourth-order valence-electron chi connectivity index (χ4n) is 1.75. The second-order valence-corrected chi connectivity index (χ2v) is 4.54. The van der Waals surface area contributed by atoms with E-state index in [1.807, 2.05) is 6.92 Å². The lowest BCUT2D eigenvalue weighted by molar-refractivity contribution is -0.385. The molecule has 8 heteroatoms. The molecule has 0 amide bonds. The Bertz CT molecular complexity index is 465. The summed E-state index contributed by atoms with van der Waals surface area (Å²) in [5.41, 5.74) is 0.211. The number of rotatable bonds is 8. The number of hydrogen-bond donors (Lipinski definition) is 3. The molecule has 20 heavy (non-hydrogen) atoms. The van der Waals surface area contributed by atoms with Gasteiger partial charge in [-0.1, -0.05) is 0 Å². The van der Waals surface area contributed by atoms with Crippen LogP contribution in [0.25, 0.3) is 0 Å². The third kappa shape index (κ3) is 4.61. The summed E-state index contributed by atoms with van der Waals surface area (Å²) in [6.07, 6.45) is 0.954. The summed E-state index contributed by atoms with van der Waals surface area (Å²) >= 11 is 0. The lowest BCUT2D eigenvalue weighted by atomic mass is 10.2. The van der Waals surface area contributed by atoms with Crippen molar-refractivity contribution >= 4 is 17.5 Å². The maximum absolute atomic E-state index is 11.1. The first kappa shape index (κ1) is 16.1. The maximum atomic E-state index is 11.1. The molecule has 1 aromatic rings. The van der Waals surface area contributed by atoms with Crippen molar-refractivity contribution in [2.75, 3.05) is 23.7 Å². The van der Waals surface area contributed by atoms with Crippen LogP contribution in [0, 0.1) is 17.0 Å². The number of nitrogens with one attached hydrogen (secondary N) is 2. The van der Waals surface area contributed by atoms with Crippen molar-refractivity contribution in [3.8, 4) is 0 Å². The van der Waals surface area contributed by atoms with E-state index in [2.05, 4.69) is 20.6 Å². The van der Waals surface area contributed by atoms with Gasteiger partial charge in [-0.2, -0.15) is 4.98 Å². The van der Waals surface area contributed by atoms with Crippen LogP contribution in [0.1, 0.15) is 32.4 Å². The zero-order valence-corrected chi connectivity index (χ0v) is 12.0. The second-order valence-electron chi connectivity index (χ2n) is 4.54. The van der Waals surface area contributed by atoms with Gasteiger partial charge in [0.1, 0.15) is 5.69 Å². The summed E-state index contributed by atoms with van der Waals surface area (Å²) in [5.74, 6) is 0.581. The molecule has 0 aliphatic carbocycles. The van der Waals surface area contributed by atoms with Crippen molar-refractivity contribution in [1.82, 2.24) is 9.97 Å². The Labute approximate surface area is 117 Å². The third-order valence-electron chi connectivity index (χ3n) is 2.67. The fraction of sp³-hybridized carbons (Fsp3) is 0.667. The molecular weight excluding hydrogens is 262 g/mol. The fourth-order valence-corrected chi connectivity index (χ4v) is 1.75. The number of anilines is 2. The second kappa shape index (κ2) is 7.59. The minimum Gasteiger partial charge on any atom is -0.393 e. The number of aliphatic hydroxyl groups excluding tert-OH is 1. The number of nitrogens with zero attached hydrogens (tertiary/aromatic N) is 3. The van der Waals surface area contributed by atoms with Crippen LogP contribution in [0.15, 0.2) is 0 Å². The van der Waals surface area contributed by atoms with Crippen LogP contribution in [0.2, 0.25) is 0 Å². The largest absolute Gasteiger partial charge is 0.393 e. The van der Waals surface area contributed by atoms with Crippen LogP contribution in [0.5, 0.6) is 0 Å². The lowest BCUT2D eigenvalue weighted by Gasteiger charge is -2.10. The molecule has 0 bridgehead atoms. The van der Waals surface area contributed by atoms with Crippen LogP contribution in [-0.2, 0) is 0 Å². The van der Waals surface area contributed by atoms with Crippen LogP contribution in [-0.4, -0.2) is 39.2 Å². The van der Waals surface area contributed by atoms with Crippen molar-refractivity contribution in [1.29, 1.82) is 0 Å². The zero-order valence-electron chi connectivity index (χ0n) is 12.0. The van der Waals surface area contributed by atoms with Crippen molar-refractivity contribution in [2.45, 2.75) is 39.7 Å². The van der Waals surface area contributed by atoms with Gasteiger partial charge in [0.05, 0.1) is 11.0 Å². The van der Waals surface area contributed by atoms with Gasteiger partial charge in [0, 0.05) is 13.1 Å². The molecule has 1 heterocycles. The zero-order chi connectivity index (χ0) is 15.1. The highest BCUT2D eigenvalue weighted by molar-refractivity contribution is 5.60. The predicted molar refractivity (Wildman–Crippen MR) is 77.0 cm³/mol. The SMILES string of the molecule is CCNc1nc(C)c([N+](=O)[O-])c(NCCCC(C)O)n1. The number of aliphatic hydroxyl groups is 1. The Kier molecular flexibility index (Phi) is 6.10. The summed E-state index contributed by atoms with van der Waals surface area (Å²) in [4.78, 5) is 18.8. The van der Waals surface area contributed by atoms with Gasteiger partial charge < -0.3 is 15.7 Å². The minimum absolute atomic E-state index is 0.108. The maximum Gasteiger partial charge on any atom is 0.332 e. The molecule has 1 aromatic heterocycles. The highest BCUT2D eigenvalue weighted by Gasteiger charge is 2.21. The van der Waals surface area contributed by atoms with E-state index in [-0.39, 0.29) is 17.6 Å². The summed E-state index contributed by atoms with van der Waals surface area (Å²) in [7, 11) is 0. The minimum atomic E-state index is -0.484. The van der Waals surface area contributed by atoms with Gasteiger partial charge in [-0.25, -0.2) is 4.98 Å². The normalized spacial score (nSPS) is 12.0. The molecule has 1 atom stereocenters. The number of hydrogen-bond acceptors (Lipinski definition) is 7. The molecule has 0 fully saturated rings. The molecule has 0 aliphatic rings. The van der Waals surface area contributed by atoms with Crippen LogP contribution < -0.4 is 10.6 Å². The summed E-state index contributed by atoms with van der Waals surface area (Å²) < 4.78 is 0. The third-order valence-corrected chi connectivity index (χ3v) is 2.67. The summed E-state index contributed by atoms with van der Waals surface area (Å²) in [5, 5.41) is 26.1. The van der Waals surface area contributed by atoms with Crippen LogP contribution in [0.3, 0.4) is 0 Å². The van der Waals surface area contributed by atoms with Gasteiger partial charge in [-0.05, 0) is 33.6 Å². The molecule has 1 rings (SSSR count). The van der Waals surface area contributed by atoms with Gasteiger partial charge in [0.25, 0.3) is 0 Å². The van der Waals surface area contributed by atoms with Crippen LogP contribution in [0.4, 0.5) is 17.5 Å². The summed E-state index contributed by atoms with van der Waals surface area (Å²) in [6, 6.07) is 0. The molecule has 1 unspecified atom stereocenters. The lowest BCUT2D eigenvalue weighted by Crippen LogP contribution is -2.12. The van der Waals surface area contributed by atoms with Gasteiger partial charge >= 0.3 is 5.69 Å². The Morgan fingerprint density at radius 3 is 2.65 bits per heavy atom.